The fourth-order valence-corrected chi connectivity index (χ4v) is 1.73. The lowest BCUT2D eigenvalue weighted by molar-refractivity contribution is 0.242. The highest BCUT2D eigenvalue weighted by Gasteiger charge is 2.09. The Morgan fingerprint density at radius 3 is 2.71 bits per heavy atom. The Morgan fingerprint density at radius 2 is 2.12 bits per heavy atom. The molecule has 1 aromatic rings. The summed E-state index contributed by atoms with van der Waals surface area (Å²) in [6.45, 7) is 7.80. The standard InChI is InChI=1S/C14H24N2O/c1-4-8-16-14(10-15)12-6-5-7-13(9-12)17-11(2)3/h5-7,9,11,14,16H,4,8,10,15H2,1-3H3. The summed E-state index contributed by atoms with van der Waals surface area (Å²) < 4.78 is 5.69. The highest BCUT2D eigenvalue weighted by Crippen LogP contribution is 2.19. The van der Waals surface area contributed by atoms with Gasteiger partial charge in [0.1, 0.15) is 5.75 Å². The number of hydrogen-bond acceptors (Lipinski definition) is 3. The third kappa shape index (κ3) is 4.75. The van der Waals surface area contributed by atoms with Crippen molar-refractivity contribution < 1.29 is 4.74 Å². The van der Waals surface area contributed by atoms with Crippen LogP contribution in [0.3, 0.4) is 0 Å². The van der Waals surface area contributed by atoms with Gasteiger partial charge in [-0.3, -0.25) is 0 Å². The van der Waals surface area contributed by atoms with Crippen molar-refractivity contribution in [3.8, 4) is 5.75 Å². The highest BCUT2D eigenvalue weighted by molar-refractivity contribution is 5.31. The van der Waals surface area contributed by atoms with E-state index in [1.54, 1.807) is 0 Å². The van der Waals surface area contributed by atoms with Gasteiger partial charge in [-0.05, 0) is 44.5 Å². The van der Waals surface area contributed by atoms with Crippen molar-refractivity contribution in [2.75, 3.05) is 13.1 Å². The minimum Gasteiger partial charge on any atom is -0.491 e. The monoisotopic (exact) mass is 236 g/mol. The van der Waals surface area contributed by atoms with Gasteiger partial charge in [0.25, 0.3) is 0 Å². The number of benzene rings is 1. The van der Waals surface area contributed by atoms with Gasteiger partial charge >= 0.3 is 0 Å². The molecule has 0 aromatic heterocycles. The van der Waals surface area contributed by atoms with E-state index in [0.29, 0.717) is 6.54 Å². The molecule has 0 heterocycles. The average Bonchev–Trinajstić information content (AvgIpc) is 2.30. The molecule has 0 fully saturated rings. The normalized spacial score (nSPS) is 12.8. The maximum Gasteiger partial charge on any atom is 0.120 e. The number of rotatable bonds is 7. The van der Waals surface area contributed by atoms with E-state index in [-0.39, 0.29) is 12.1 Å². The summed E-state index contributed by atoms with van der Waals surface area (Å²) >= 11 is 0. The van der Waals surface area contributed by atoms with Crippen molar-refractivity contribution in [3.05, 3.63) is 29.8 Å². The van der Waals surface area contributed by atoms with Gasteiger partial charge in [0, 0.05) is 12.6 Å². The van der Waals surface area contributed by atoms with Crippen LogP contribution in [-0.4, -0.2) is 19.2 Å². The van der Waals surface area contributed by atoms with Crippen molar-refractivity contribution in [1.82, 2.24) is 5.32 Å². The van der Waals surface area contributed by atoms with Crippen molar-refractivity contribution in [1.29, 1.82) is 0 Å². The van der Waals surface area contributed by atoms with Crippen LogP contribution in [-0.2, 0) is 0 Å². The zero-order chi connectivity index (χ0) is 12.7. The number of ether oxygens (including phenoxy) is 1. The summed E-state index contributed by atoms with van der Waals surface area (Å²) in [5.41, 5.74) is 6.99. The van der Waals surface area contributed by atoms with E-state index in [9.17, 15) is 0 Å². The summed E-state index contributed by atoms with van der Waals surface area (Å²) in [4.78, 5) is 0. The average molecular weight is 236 g/mol. The second-order valence-electron chi connectivity index (χ2n) is 4.48. The zero-order valence-electron chi connectivity index (χ0n) is 11.1. The maximum atomic E-state index is 5.79. The molecule has 0 aliphatic carbocycles. The molecule has 17 heavy (non-hydrogen) atoms. The van der Waals surface area contributed by atoms with Crippen LogP contribution < -0.4 is 15.8 Å². The first-order valence-electron chi connectivity index (χ1n) is 6.37. The molecule has 0 aliphatic heterocycles. The summed E-state index contributed by atoms with van der Waals surface area (Å²) in [5, 5.41) is 3.44. The van der Waals surface area contributed by atoms with Crippen LogP contribution in [0.15, 0.2) is 24.3 Å². The van der Waals surface area contributed by atoms with Crippen LogP contribution >= 0.6 is 0 Å². The molecule has 0 radical (unpaired) electrons. The predicted octanol–water partition coefficient (Wildman–Crippen LogP) is 2.47. The molecular formula is C14H24N2O. The zero-order valence-corrected chi connectivity index (χ0v) is 11.1. The Kier molecular flexibility index (Phi) is 6.01. The molecule has 1 unspecified atom stereocenters. The van der Waals surface area contributed by atoms with Crippen molar-refractivity contribution >= 4 is 0 Å². The molecule has 0 spiro atoms. The predicted molar refractivity (Wildman–Crippen MR) is 72.3 cm³/mol. The number of nitrogens with one attached hydrogen (secondary N) is 1. The summed E-state index contributed by atoms with van der Waals surface area (Å²) in [7, 11) is 0. The molecule has 0 amide bonds. The Morgan fingerprint density at radius 1 is 1.35 bits per heavy atom. The van der Waals surface area contributed by atoms with E-state index in [0.717, 1.165) is 18.7 Å². The number of nitrogens with two attached hydrogens (primary N) is 1. The minimum atomic E-state index is 0.199. The third-order valence-corrected chi connectivity index (χ3v) is 2.51. The molecule has 3 nitrogen and oxygen atoms in total. The second kappa shape index (κ2) is 7.30. The van der Waals surface area contributed by atoms with Crippen LogP contribution in [0.25, 0.3) is 0 Å². The minimum absolute atomic E-state index is 0.199. The van der Waals surface area contributed by atoms with Gasteiger partial charge in [0.15, 0.2) is 0 Å². The smallest absolute Gasteiger partial charge is 0.120 e. The van der Waals surface area contributed by atoms with Crippen LogP contribution in [0.2, 0.25) is 0 Å². The Balaban J connectivity index is 2.73. The fourth-order valence-electron chi connectivity index (χ4n) is 1.73. The molecular weight excluding hydrogens is 212 g/mol. The topological polar surface area (TPSA) is 47.3 Å². The molecule has 1 atom stereocenters. The largest absolute Gasteiger partial charge is 0.491 e. The summed E-state index contributed by atoms with van der Waals surface area (Å²) in [6.07, 6.45) is 1.31. The Hall–Kier alpha value is -1.06. The van der Waals surface area contributed by atoms with E-state index >= 15 is 0 Å². The molecule has 0 bridgehead atoms. The highest BCUT2D eigenvalue weighted by atomic mass is 16.5. The molecule has 3 heteroatoms. The van der Waals surface area contributed by atoms with E-state index in [2.05, 4.69) is 24.4 Å². The SMILES string of the molecule is CCCNC(CN)c1cccc(OC(C)C)c1. The third-order valence-electron chi connectivity index (χ3n) is 2.51. The molecule has 0 saturated carbocycles. The lowest BCUT2D eigenvalue weighted by atomic mass is 10.1. The molecule has 3 N–H and O–H groups in total. The van der Waals surface area contributed by atoms with E-state index in [1.165, 1.54) is 5.56 Å². The quantitative estimate of drug-likeness (QED) is 0.764. The number of hydrogen-bond donors (Lipinski definition) is 2. The van der Waals surface area contributed by atoms with Crippen LogP contribution in [0.1, 0.15) is 38.8 Å². The molecule has 0 aliphatic rings. The van der Waals surface area contributed by atoms with Crippen LogP contribution in [0, 0.1) is 0 Å². The van der Waals surface area contributed by atoms with Gasteiger partial charge in [-0.15, -0.1) is 0 Å². The van der Waals surface area contributed by atoms with Gasteiger partial charge in [0.05, 0.1) is 6.10 Å². The van der Waals surface area contributed by atoms with E-state index in [4.69, 9.17) is 10.5 Å². The first-order chi connectivity index (χ1) is 8.17. The molecule has 96 valence electrons. The molecule has 1 rings (SSSR count). The molecule has 0 saturated heterocycles. The van der Waals surface area contributed by atoms with Gasteiger partial charge in [-0.2, -0.15) is 0 Å². The first-order valence-corrected chi connectivity index (χ1v) is 6.37. The summed E-state index contributed by atoms with van der Waals surface area (Å²) in [6, 6.07) is 8.37. The van der Waals surface area contributed by atoms with Gasteiger partial charge in [-0.25, -0.2) is 0 Å². The van der Waals surface area contributed by atoms with Crippen molar-refractivity contribution in [2.24, 2.45) is 5.73 Å². The maximum absolute atomic E-state index is 5.79. The van der Waals surface area contributed by atoms with E-state index < -0.39 is 0 Å². The van der Waals surface area contributed by atoms with Gasteiger partial charge in [-0.1, -0.05) is 19.1 Å². The Bertz CT molecular complexity index is 326. The van der Waals surface area contributed by atoms with Crippen molar-refractivity contribution in [3.63, 3.8) is 0 Å². The Labute approximate surface area is 104 Å². The van der Waals surface area contributed by atoms with Crippen LogP contribution in [0.4, 0.5) is 0 Å². The first kappa shape index (κ1) is 14.0. The lowest BCUT2D eigenvalue weighted by Gasteiger charge is -2.18. The van der Waals surface area contributed by atoms with Gasteiger partial charge < -0.3 is 15.8 Å². The van der Waals surface area contributed by atoms with Crippen LogP contribution in [0.5, 0.6) is 5.75 Å². The van der Waals surface area contributed by atoms with Gasteiger partial charge in [0.2, 0.25) is 0 Å². The van der Waals surface area contributed by atoms with E-state index in [1.807, 2.05) is 26.0 Å². The fraction of sp³-hybridized carbons (Fsp3) is 0.571. The second-order valence-corrected chi connectivity index (χ2v) is 4.48. The summed E-state index contributed by atoms with van der Waals surface area (Å²) in [5.74, 6) is 0.911. The van der Waals surface area contributed by atoms with Crippen molar-refractivity contribution in [2.45, 2.75) is 39.3 Å². The lowest BCUT2D eigenvalue weighted by Crippen LogP contribution is -2.28. The molecule has 1 aromatic carbocycles.